The van der Waals surface area contributed by atoms with Gasteiger partial charge in [0.25, 0.3) is 0 Å². The number of carbonyl (C=O) groups excluding carboxylic acids is 2. The molecule has 1 aliphatic rings. The molecule has 0 bridgehead atoms. The maximum absolute atomic E-state index is 12.8. The topological polar surface area (TPSA) is 67.4 Å². The summed E-state index contributed by atoms with van der Waals surface area (Å²) in [4.78, 5) is 24.7. The highest BCUT2D eigenvalue weighted by Gasteiger charge is 2.41. The van der Waals surface area contributed by atoms with Gasteiger partial charge in [0.2, 0.25) is 5.91 Å². The highest BCUT2D eigenvalue weighted by molar-refractivity contribution is 9.10. The van der Waals surface area contributed by atoms with Crippen LogP contribution in [0.2, 0.25) is 0 Å². The molecule has 0 aliphatic heterocycles. The SMILES string of the molecule is CC(C)(C)OC(=O)NCC1(C(=O)Nc2ccc(Br)cc2)CCCC1. The first kappa shape index (κ1) is 18.8. The Labute approximate surface area is 151 Å². The molecule has 0 saturated heterocycles. The van der Waals surface area contributed by atoms with Gasteiger partial charge in [0.1, 0.15) is 5.60 Å². The molecule has 24 heavy (non-hydrogen) atoms. The lowest BCUT2D eigenvalue weighted by atomic mass is 9.85. The Morgan fingerprint density at radius 3 is 2.29 bits per heavy atom. The third-order valence-corrected chi connectivity index (χ3v) is 4.64. The lowest BCUT2D eigenvalue weighted by Crippen LogP contribution is -2.45. The highest BCUT2D eigenvalue weighted by Crippen LogP contribution is 2.38. The van der Waals surface area contributed by atoms with Gasteiger partial charge < -0.3 is 15.4 Å². The summed E-state index contributed by atoms with van der Waals surface area (Å²) in [6.45, 7) is 5.75. The number of carbonyl (C=O) groups is 2. The van der Waals surface area contributed by atoms with E-state index in [1.807, 2.05) is 45.0 Å². The van der Waals surface area contributed by atoms with Crippen LogP contribution >= 0.6 is 15.9 Å². The molecule has 1 aromatic rings. The van der Waals surface area contributed by atoms with Crippen LogP contribution < -0.4 is 10.6 Å². The van der Waals surface area contributed by atoms with Crippen LogP contribution in [0, 0.1) is 5.41 Å². The maximum Gasteiger partial charge on any atom is 0.407 e. The number of halogens is 1. The number of anilines is 1. The lowest BCUT2D eigenvalue weighted by Gasteiger charge is -2.29. The van der Waals surface area contributed by atoms with Gasteiger partial charge in [-0.3, -0.25) is 4.79 Å². The number of amides is 2. The first-order chi connectivity index (χ1) is 11.2. The summed E-state index contributed by atoms with van der Waals surface area (Å²) in [6, 6.07) is 7.48. The molecular weight excluding hydrogens is 372 g/mol. The van der Waals surface area contributed by atoms with Gasteiger partial charge in [-0.2, -0.15) is 0 Å². The standard InChI is InChI=1S/C18H25BrN2O3/c1-17(2,3)24-16(23)20-12-18(10-4-5-11-18)15(22)21-14-8-6-13(19)7-9-14/h6-9H,4-5,10-12H2,1-3H3,(H,20,23)(H,21,22). The summed E-state index contributed by atoms with van der Waals surface area (Å²) in [5.74, 6) is -0.0432. The van der Waals surface area contributed by atoms with E-state index in [4.69, 9.17) is 4.74 Å². The number of benzene rings is 1. The molecule has 1 fully saturated rings. The van der Waals surface area contributed by atoms with Crippen LogP contribution in [-0.4, -0.2) is 24.1 Å². The molecule has 0 unspecified atom stereocenters. The second-order valence-corrected chi connectivity index (χ2v) is 8.22. The minimum absolute atomic E-state index is 0.0432. The molecule has 2 rings (SSSR count). The molecule has 1 aliphatic carbocycles. The van der Waals surface area contributed by atoms with Crippen molar-refractivity contribution in [1.82, 2.24) is 5.32 Å². The van der Waals surface area contributed by atoms with Crippen LogP contribution in [0.15, 0.2) is 28.7 Å². The quantitative estimate of drug-likeness (QED) is 0.788. The van der Waals surface area contributed by atoms with Crippen LogP contribution in [0.25, 0.3) is 0 Å². The molecule has 0 heterocycles. The molecule has 1 aromatic carbocycles. The van der Waals surface area contributed by atoms with Crippen molar-refractivity contribution in [3.05, 3.63) is 28.7 Å². The van der Waals surface area contributed by atoms with Crippen LogP contribution in [0.1, 0.15) is 46.5 Å². The van der Waals surface area contributed by atoms with Gasteiger partial charge in [-0.05, 0) is 57.9 Å². The predicted octanol–water partition coefficient (Wildman–Crippen LogP) is 4.47. The van der Waals surface area contributed by atoms with Gasteiger partial charge in [-0.15, -0.1) is 0 Å². The average Bonchev–Trinajstić information content (AvgIpc) is 2.96. The van der Waals surface area contributed by atoms with Crippen molar-refractivity contribution in [2.24, 2.45) is 5.41 Å². The number of rotatable bonds is 4. The van der Waals surface area contributed by atoms with Crippen LogP contribution in [-0.2, 0) is 9.53 Å². The van der Waals surface area contributed by atoms with E-state index >= 15 is 0 Å². The normalized spacial score (nSPS) is 16.5. The first-order valence-corrected chi connectivity index (χ1v) is 9.03. The second-order valence-electron chi connectivity index (χ2n) is 7.30. The van der Waals surface area contributed by atoms with Crippen molar-refractivity contribution in [3.63, 3.8) is 0 Å². The Kier molecular flexibility index (Phi) is 5.91. The average molecular weight is 397 g/mol. The van der Waals surface area contributed by atoms with Crippen LogP contribution in [0.3, 0.4) is 0 Å². The van der Waals surface area contributed by atoms with Gasteiger partial charge in [0.15, 0.2) is 0 Å². The van der Waals surface area contributed by atoms with Crippen LogP contribution in [0.4, 0.5) is 10.5 Å². The Morgan fingerprint density at radius 2 is 1.75 bits per heavy atom. The van der Waals surface area contributed by atoms with Crippen molar-refractivity contribution in [2.45, 2.75) is 52.1 Å². The molecule has 132 valence electrons. The van der Waals surface area contributed by atoms with Gasteiger partial charge in [0.05, 0.1) is 5.41 Å². The summed E-state index contributed by atoms with van der Waals surface area (Å²) < 4.78 is 6.23. The molecule has 2 amide bonds. The van der Waals surface area contributed by atoms with E-state index in [-0.39, 0.29) is 5.91 Å². The molecule has 0 radical (unpaired) electrons. The first-order valence-electron chi connectivity index (χ1n) is 8.24. The van der Waals surface area contributed by atoms with Gasteiger partial charge in [0, 0.05) is 16.7 Å². The van der Waals surface area contributed by atoms with Crippen molar-refractivity contribution in [2.75, 3.05) is 11.9 Å². The number of alkyl carbamates (subject to hydrolysis) is 1. The fraction of sp³-hybridized carbons (Fsp3) is 0.556. The summed E-state index contributed by atoms with van der Waals surface area (Å²) in [7, 11) is 0. The predicted molar refractivity (Wildman–Crippen MR) is 97.9 cm³/mol. The van der Waals surface area contributed by atoms with Crippen molar-refractivity contribution < 1.29 is 14.3 Å². The maximum atomic E-state index is 12.8. The lowest BCUT2D eigenvalue weighted by molar-refractivity contribution is -0.125. The van der Waals surface area contributed by atoms with Gasteiger partial charge in [-0.1, -0.05) is 28.8 Å². The van der Waals surface area contributed by atoms with Gasteiger partial charge in [-0.25, -0.2) is 4.79 Å². The minimum atomic E-state index is -0.565. The zero-order chi connectivity index (χ0) is 17.8. The number of nitrogens with one attached hydrogen (secondary N) is 2. The number of hydrogen-bond acceptors (Lipinski definition) is 3. The van der Waals surface area contributed by atoms with E-state index in [1.54, 1.807) is 0 Å². The summed E-state index contributed by atoms with van der Waals surface area (Å²) in [5, 5.41) is 5.74. The number of hydrogen-bond donors (Lipinski definition) is 2. The van der Waals surface area contributed by atoms with Crippen molar-refractivity contribution >= 4 is 33.6 Å². The molecule has 1 saturated carbocycles. The van der Waals surface area contributed by atoms with E-state index in [0.29, 0.717) is 6.54 Å². The zero-order valence-electron chi connectivity index (χ0n) is 14.4. The summed E-state index contributed by atoms with van der Waals surface area (Å²) in [5.41, 5.74) is -0.358. The van der Waals surface area contributed by atoms with E-state index in [0.717, 1.165) is 35.8 Å². The highest BCUT2D eigenvalue weighted by atomic mass is 79.9. The molecule has 2 N–H and O–H groups in total. The van der Waals surface area contributed by atoms with Gasteiger partial charge >= 0.3 is 6.09 Å². The van der Waals surface area contributed by atoms with E-state index in [9.17, 15) is 9.59 Å². The molecular formula is C18H25BrN2O3. The fourth-order valence-corrected chi connectivity index (χ4v) is 3.15. The molecule has 0 atom stereocenters. The van der Waals surface area contributed by atoms with E-state index in [2.05, 4.69) is 26.6 Å². The molecule has 6 heteroatoms. The van der Waals surface area contributed by atoms with E-state index in [1.165, 1.54) is 0 Å². The fourth-order valence-electron chi connectivity index (χ4n) is 2.89. The molecule has 5 nitrogen and oxygen atoms in total. The Morgan fingerprint density at radius 1 is 1.17 bits per heavy atom. The van der Waals surface area contributed by atoms with Crippen molar-refractivity contribution in [3.8, 4) is 0 Å². The van der Waals surface area contributed by atoms with Crippen molar-refractivity contribution in [1.29, 1.82) is 0 Å². The Hall–Kier alpha value is -1.56. The summed E-state index contributed by atoms with van der Waals surface area (Å²) >= 11 is 3.38. The monoisotopic (exact) mass is 396 g/mol. The van der Waals surface area contributed by atoms with E-state index < -0.39 is 17.1 Å². The Balaban J connectivity index is 2.00. The number of ether oxygens (including phenoxy) is 1. The largest absolute Gasteiger partial charge is 0.444 e. The zero-order valence-corrected chi connectivity index (χ0v) is 16.0. The Bertz CT molecular complexity index is 587. The minimum Gasteiger partial charge on any atom is -0.444 e. The molecule has 0 aromatic heterocycles. The third kappa shape index (κ3) is 5.23. The summed E-state index contributed by atoms with van der Waals surface area (Å²) in [6.07, 6.45) is 3.04. The van der Waals surface area contributed by atoms with Crippen LogP contribution in [0.5, 0.6) is 0 Å². The second kappa shape index (κ2) is 7.55. The molecule has 0 spiro atoms. The smallest absolute Gasteiger partial charge is 0.407 e. The third-order valence-electron chi connectivity index (χ3n) is 4.11.